The minimum absolute atomic E-state index is 0.0311. The molecule has 1 aliphatic rings. The lowest BCUT2D eigenvalue weighted by Crippen LogP contribution is -2.39. The Morgan fingerprint density at radius 3 is 2.00 bits per heavy atom. The summed E-state index contributed by atoms with van der Waals surface area (Å²) in [7, 11) is 3.23. The Bertz CT molecular complexity index is 1440. The molecular weight excluding hydrogens is 512 g/mol. The molecule has 1 aliphatic heterocycles. The van der Waals surface area contributed by atoms with E-state index in [-0.39, 0.29) is 19.6 Å². The fourth-order valence-electron chi connectivity index (χ4n) is 5.19. The van der Waals surface area contributed by atoms with Gasteiger partial charge in [0.1, 0.15) is 23.2 Å². The van der Waals surface area contributed by atoms with Crippen molar-refractivity contribution in [2.24, 2.45) is 0 Å². The normalized spacial score (nSPS) is 18.9. The molecule has 0 unspecified atom stereocenters. The maximum absolute atomic E-state index is 12.2. The van der Waals surface area contributed by atoms with Gasteiger partial charge in [-0.25, -0.2) is 4.79 Å². The molecule has 2 heterocycles. The van der Waals surface area contributed by atoms with Crippen molar-refractivity contribution in [3.8, 4) is 11.5 Å². The van der Waals surface area contributed by atoms with Crippen LogP contribution in [0.25, 0.3) is 0 Å². The first-order valence-corrected chi connectivity index (χ1v) is 13.0. The van der Waals surface area contributed by atoms with Gasteiger partial charge in [0.25, 0.3) is 5.56 Å². The van der Waals surface area contributed by atoms with Gasteiger partial charge in [0.15, 0.2) is 0 Å². The SMILES string of the molecule is COc1ccc(C(OC[C@H]2O[C@@H](Cn3c(=O)cc[nH]c3=O)C[C@@H]2O)(c2ccccc2)c2ccc(OC)cc2)cc1. The molecule has 9 nitrogen and oxygen atoms in total. The summed E-state index contributed by atoms with van der Waals surface area (Å²) in [6.45, 7) is 0.0774. The third-order valence-electron chi connectivity index (χ3n) is 7.27. The summed E-state index contributed by atoms with van der Waals surface area (Å²) >= 11 is 0. The van der Waals surface area contributed by atoms with Crippen LogP contribution in [0.2, 0.25) is 0 Å². The highest BCUT2D eigenvalue weighted by molar-refractivity contribution is 5.49. The topological polar surface area (TPSA) is 112 Å². The van der Waals surface area contributed by atoms with E-state index in [1.54, 1.807) is 14.2 Å². The molecule has 208 valence electrons. The maximum atomic E-state index is 12.2. The van der Waals surface area contributed by atoms with Gasteiger partial charge in [-0.15, -0.1) is 0 Å². The van der Waals surface area contributed by atoms with Crippen LogP contribution in [0.1, 0.15) is 23.1 Å². The number of benzene rings is 3. The summed E-state index contributed by atoms with van der Waals surface area (Å²) in [4.78, 5) is 26.8. The Kier molecular flexibility index (Phi) is 8.16. The summed E-state index contributed by atoms with van der Waals surface area (Å²) in [5, 5.41) is 10.9. The van der Waals surface area contributed by atoms with Gasteiger partial charge < -0.3 is 29.0 Å². The average Bonchev–Trinajstić information content (AvgIpc) is 3.35. The fourth-order valence-corrected chi connectivity index (χ4v) is 5.19. The van der Waals surface area contributed by atoms with Crippen LogP contribution in [0.5, 0.6) is 11.5 Å². The van der Waals surface area contributed by atoms with Gasteiger partial charge in [-0.2, -0.15) is 0 Å². The van der Waals surface area contributed by atoms with Crippen LogP contribution in [0.15, 0.2) is 101 Å². The Labute approximate surface area is 231 Å². The summed E-state index contributed by atoms with van der Waals surface area (Å²) in [5.41, 5.74) is 0.592. The first-order chi connectivity index (χ1) is 19.4. The third kappa shape index (κ3) is 5.44. The van der Waals surface area contributed by atoms with E-state index in [9.17, 15) is 14.7 Å². The zero-order valence-corrected chi connectivity index (χ0v) is 22.4. The highest BCUT2D eigenvalue weighted by Crippen LogP contribution is 2.42. The number of nitrogens with one attached hydrogen (secondary N) is 1. The van der Waals surface area contributed by atoms with Crippen molar-refractivity contribution in [3.05, 3.63) is 129 Å². The lowest BCUT2D eigenvalue weighted by molar-refractivity contribution is -0.0841. The molecule has 0 amide bonds. The minimum Gasteiger partial charge on any atom is -0.497 e. The number of hydrogen-bond acceptors (Lipinski definition) is 7. The lowest BCUT2D eigenvalue weighted by atomic mass is 9.80. The number of aliphatic hydroxyl groups excluding tert-OH is 1. The second-order valence-corrected chi connectivity index (χ2v) is 9.65. The molecule has 0 bridgehead atoms. The van der Waals surface area contributed by atoms with Crippen molar-refractivity contribution in [2.45, 2.75) is 36.9 Å². The van der Waals surface area contributed by atoms with E-state index in [1.165, 1.54) is 12.3 Å². The van der Waals surface area contributed by atoms with E-state index >= 15 is 0 Å². The van der Waals surface area contributed by atoms with Crippen molar-refractivity contribution in [3.63, 3.8) is 0 Å². The van der Waals surface area contributed by atoms with Crippen LogP contribution in [0, 0.1) is 0 Å². The molecule has 1 aromatic heterocycles. The average molecular weight is 545 g/mol. The lowest BCUT2D eigenvalue weighted by Gasteiger charge is -2.37. The monoisotopic (exact) mass is 544 g/mol. The Morgan fingerprint density at radius 1 is 0.875 bits per heavy atom. The highest BCUT2D eigenvalue weighted by atomic mass is 16.6. The predicted molar refractivity (Wildman–Crippen MR) is 149 cm³/mol. The van der Waals surface area contributed by atoms with Gasteiger partial charge >= 0.3 is 5.69 Å². The van der Waals surface area contributed by atoms with Crippen LogP contribution >= 0.6 is 0 Å². The van der Waals surface area contributed by atoms with Crippen LogP contribution < -0.4 is 20.7 Å². The fraction of sp³-hybridized carbons (Fsp3) is 0.290. The molecule has 0 aliphatic carbocycles. The molecule has 1 saturated heterocycles. The van der Waals surface area contributed by atoms with Crippen molar-refractivity contribution in [1.29, 1.82) is 0 Å². The van der Waals surface area contributed by atoms with Gasteiger partial charge in [-0.1, -0.05) is 54.6 Å². The van der Waals surface area contributed by atoms with Crippen molar-refractivity contribution >= 4 is 0 Å². The number of ether oxygens (including phenoxy) is 4. The Balaban J connectivity index is 1.49. The number of aromatic amines is 1. The molecule has 9 heteroatoms. The second-order valence-electron chi connectivity index (χ2n) is 9.65. The molecule has 3 atom stereocenters. The molecule has 4 aromatic rings. The third-order valence-corrected chi connectivity index (χ3v) is 7.27. The van der Waals surface area contributed by atoms with Crippen molar-refractivity contribution in [1.82, 2.24) is 9.55 Å². The summed E-state index contributed by atoms with van der Waals surface area (Å²) < 4.78 is 24.8. The number of rotatable bonds is 10. The van der Waals surface area contributed by atoms with E-state index in [2.05, 4.69) is 4.98 Å². The summed E-state index contributed by atoms with van der Waals surface area (Å²) in [6.07, 6.45) is -0.480. The summed E-state index contributed by atoms with van der Waals surface area (Å²) in [6, 6.07) is 26.5. The minimum atomic E-state index is -1.06. The zero-order chi connectivity index (χ0) is 28.1. The van der Waals surface area contributed by atoms with Gasteiger partial charge in [0.05, 0.1) is 39.6 Å². The standard InChI is InChI=1S/C31H32N2O7/c1-37-24-12-8-22(9-13-24)31(21-6-4-3-5-7-21,23-10-14-25(38-2)15-11-23)39-20-28-27(34)18-26(40-28)19-33-29(35)16-17-32-30(33)36/h3-17,26-28,34H,18-20H2,1-2H3,(H,32,36)/t26-,27+,28-/m1/s1. The van der Waals surface area contributed by atoms with E-state index < -0.39 is 35.2 Å². The molecule has 3 aromatic carbocycles. The smallest absolute Gasteiger partial charge is 0.328 e. The van der Waals surface area contributed by atoms with E-state index in [1.807, 2.05) is 78.9 Å². The largest absolute Gasteiger partial charge is 0.497 e. The second kappa shape index (κ2) is 11.9. The number of H-pyrrole nitrogens is 1. The quantitative estimate of drug-likeness (QED) is 0.295. The molecule has 1 fully saturated rings. The molecular formula is C31H32N2O7. The number of hydrogen-bond donors (Lipinski definition) is 2. The van der Waals surface area contributed by atoms with Crippen molar-refractivity contribution < 1.29 is 24.1 Å². The van der Waals surface area contributed by atoms with E-state index in [0.717, 1.165) is 21.3 Å². The van der Waals surface area contributed by atoms with Crippen LogP contribution in [-0.2, 0) is 21.6 Å². The van der Waals surface area contributed by atoms with E-state index in [0.29, 0.717) is 11.5 Å². The number of aliphatic hydroxyl groups is 1. The number of nitrogens with zero attached hydrogens (tertiary/aromatic N) is 1. The highest BCUT2D eigenvalue weighted by Gasteiger charge is 2.41. The molecule has 0 radical (unpaired) electrons. The number of aromatic nitrogens is 2. The van der Waals surface area contributed by atoms with Crippen LogP contribution in [0.4, 0.5) is 0 Å². The number of methoxy groups -OCH3 is 2. The maximum Gasteiger partial charge on any atom is 0.328 e. The van der Waals surface area contributed by atoms with Gasteiger partial charge in [0.2, 0.25) is 0 Å². The molecule has 2 N–H and O–H groups in total. The molecule has 40 heavy (non-hydrogen) atoms. The predicted octanol–water partition coefficient (Wildman–Crippen LogP) is 3.08. The van der Waals surface area contributed by atoms with Crippen molar-refractivity contribution in [2.75, 3.05) is 20.8 Å². The van der Waals surface area contributed by atoms with Crippen LogP contribution in [0.3, 0.4) is 0 Å². The van der Waals surface area contributed by atoms with Gasteiger partial charge in [-0.3, -0.25) is 9.36 Å². The zero-order valence-electron chi connectivity index (χ0n) is 22.4. The van der Waals surface area contributed by atoms with Gasteiger partial charge in [-0.05, 0) is 41.0 Å². The first kappa shape index (κ1) is 27.4. The van der Waals surface area contributed by atoms with Crippen LogP contribution in [-0.4, -0.2) is 53.8 Å². The van der Waals surface area contributed by atoms with Gasteiger partial charge in [0, 0.05) is 18.7 Å². The molecule has 5 rings (SSSR count). The Morgan fingerprint density at radius 2 is 1.45 bits per heavy atom. The van der Waals surface area contributed by atoms with E-state index in [4.69, 9.17) is 18.9 Å². The summed E-state index contributed by atoms with van der Waals surface area (Å²) in [5.74, 6) is 1.42. The molecule has 0 spiro atoms. The first-order valence-electron chi connectivity index (χ1n) is 13.0. The molecule has 0 saturated carbocycles. The Hall–Kier alpha value is -4.18.